The molecule has 126 valence electrons. The maximum Gasteiger partial charge on any atom is 0.358 e. The molecule has 1 amide bonds. The van der Waals surface area contributed by atoms with Gasteiger partial charge in [-0.05, 0) is 13.3 Å². The molecule has 0 saturated heterocycles. The van der Waals surface area contributed by atoms with E-state index in [0.29, 0.717) is 11.5 Å². The highest BCUT2D eigenvalue weighted by molar-refractivity contribution is 5.94. The van der Waals surface area contributed by atoms with Crippen molar-refractivity contribution in [3.63, 3.8) is 0 Å². The minimum atomic E-state index is -0.539. The van der Waals surface area contributed by atoms with E-state index in [2.05, 4.69) is 32.0 Å². The highest BCUT2D eigenvalue weighted by atomic mass is 16.5. The minimum Gasteiger partial charge on any atom is -0.464 e. The zero-order valence-corrected chi connectivity index (χ0v) is 13.9. The van der Waals surface area contributed by atoms with Crippen molar-refractivity contribution in [3.8, 4) is 0 Å². The first-order chi connectivity index (χ1) is 11.5. The lowest BCUT2D eigenvalue weighted by atomic mass is 9.89. The number of methoxy groups -OCH3 is 1. The minimum absolute atomic E-state index is 0.104. The number of nitrogens with one attached hydrogen (secondary N) is 1. The Bertz CT molecular complexity index is 782. The molecule has 0 fully saturated rings. The van der Waals surface area contributed by atoms with E-state index in [1.165, 1.54) is 19.5 Å². The van der Waals surface area contributed by atoms with Gasteiger partial charge >= 0.3 is 5.97 Å². The monoisotopic (exact) mass is 329 g/mol. The smallest absolute Gasteiger partial charge is 0.358 e. The number of hydrogen-bond donors (Lipinski definition) is 1. The molecule has 2 aromatic rings. The summed E-state index contributed by atoms with van der Waals surface area (Å²) in [4.78, 5) is 31.9. The quantitative estimate of drug-likeness (QED) is 0.856. The van der Waals surface area contributed by atoms with E-state index in [4.69, 9.17) is 0 Å². The van der Waals surface area contributed by atoms with E-state index in [-0.39, 0.29) is 23.9 Å². The predicted octanol–water partition coefficient (Wildman–Crippen LogP) is 1.65. The number of ether oxygens (including phenoxy) is 1. The summed E-state index contributed by atoms with van der Waals surface area (Å²) in [7, 11) is 1.29. The average molecular weight is 329 g/mol. The molecule has 8 nitrogen and oxygen atoms in total. The fraction of sp³-hybridized carbons (Fsp3) is 0.438. The van der Waals surface area contributed by atoms with Gasteiger partial charge < -0.3 is 10.1 Å². The molecule has 0 saturated carbocycles. The molecule has 2 aromatic heterocycles. The first-order valence-corrected chi connectivity index (χ1v) is 7.82. The molecule has 0 aliphatic carbocycles. The Labute approximate surface area is 139 Å². The number of rotatable bonds is 4. The van der Waals surface area contributed by atoms with Crippen molar-refractivity contribution < 1.29 is 14.3 Å². The Balaban J connectivity index is 2.00. The average Bonchev–Trinajstić information content (AvgIpc) is 2.89. The number of esters is 1. The Hall–Kier alpha value is -2.77. The molecular formula is C16H19N5O3. The van der Waals surface area contributed by atoms with Crippen LogP contribution in [0.25, 0.3) is 0 Å². The largest absolute Gasteiger partial charge is 0.464 e. The summed E-state index contributed by atoms with van der Waals surface area (Å²) in [5.41, 5.74) is 2.75. The Morgan fingerprint density at radius 2 is 2.21 bits per heavy atom. The van der Waals surface area contributed by atoms with Crippen LogP contribution in [0.5, 0.6) is 0 Å². The van der Waals surface area contributed by atoms with Gasteiger partial charge in [0.05, 0.1) is 25.2 Å². The second kappa shape index (κ2) is 6.38. The van der Waals surface area contributed by atoms with Gasteiger partial charge in [0.25, 0.3) is 0 Å². The van der Waals surface area contributed by atoms with E-state index >= 15 is 0 Å². The van der Waals surface area contributed by atoms with Crippen LogP contribution in [-0.4, -0.2) is 38.7 Å². The lowest BCUT2D eigenvalue weighted by molar-refractivity contribution is -0.116. The van der Waals surface area contributed by atoms with Crippen LogP contribution in [0.4, 0.5) is 5.82 Å². The number of aryl methyl sites for hydroxylation is 1. The maximum atomic E-state index is 12.0. The molecule has 1 aliphatic rings. The van der Waals surface area contributed by atoms with Gasteiger partial charge in [0.1, 0.15) is 0 Å². The van der Waals surface area contributed by atoms with Gasteiger partial charge in [-0.25, -0.2) is 9.78 Å². The van der Waals surface area contributed by atoms with Crippen LogP contribution in [0.1, 0.15) is 53.1 Å². The number of hydrogen-bond acceptors (Lipinski definition) is 6. The van der Waals surface area contributed by atoms with Crippen molar-refractivity contribution in [2.45, 2.75) is 39.2 Å². The van der Waals surface area contributed by atoms with Gasteiger partial charge in [0.2, 0.25) is 5.91 Å². The molecule has 1 aliphatic heterocycles. The summed E-state index contributed by atoms with van der Waals surface area (Å²) in [6.45, 7) is 4.85. The third-order valence-corrected chi connectivity index (χ3v) is 4.11. The second-order valence-corrected chi connectivity index (χ2v) is 5.69. The summed E-state index contributed by atoms with van der Waals surface area (Å²) in [5, 5.41) is 7.31. The van der Waals surface area contributed by atoms with Crippen LogP contribution < -0.4 is 5.32 Å². The van der Waals surface area contributed by atoms with Crippen LogP contribution in [0.3, 0.4) is 0 Å². The van der Waals surface area contributed by atoms with E-state index < -0.39 is 5.97 Å². The molecule has 1 atom stereocenters. The highest BCUT2D eigenvalue weighted by Gasteiger charge is 2.32. The fourth-order valence-corrected chi connectivity index (χ4v) is 2.95. The molecule has 24 heavy (non-hydrogen) atoms. The molecule has 3 rings (SSSR count). The van der Waals surface area contributed by atoms with E-state index in [1.807, 2.05) is 11.6 Å². The van der Waals surface area contributed by atoms with Crippen LogP contribution in [0.2, 0.25) is 0 Å². The van der Waals surface area contributed by atoms with E-state index in [0.717, 1.165) is 24.2 Å². The first kappa shape index (κ1) is 16.1. The summed E-state index contributed by atoms with van der Waals surface area (Å²) >= 11 is 0. The lowest BCUT2D eigenvalue weighted by Crippen LogP contribution is -2.24. The summed E-state index contributed by atoms with van der Waals surface area (Å²) in [5.74, 6) is -0.282. The molecule has 8 heteroatoms. The second-order valence-electron chi connectivity index (χ2n) is 5.69. The fourth-order valence-electron chi connectivity index (χ4n) is 2.95. The Morgan fingerprint density at radius 1 is 1.42 bits per heavy atom. The molecular weight excluding hydrogens is 310 g/mol. The van der Waals surface area contributed by atoms with Crippen molar-refractivity contribution in [2.75, 3.05) is 12.4 Å². The topological polar surface area (TPSA) is 99.0 Å². The van der Waals surface area contributed by atoms with Gasteiger partial charge in [0.15, 0.2) is 11.5 Å². The molecule has 0 aromatic carbocycles. The van der Waals surface area contributed by atoms with Crippen LogP contribution in [-0.2, 0) is 16.1 Å². The van der Waals surface area contributed by atoms with Crippen LogP contribution in [0, 0.1) is 6.92 Å². The summed E-state index contributed by atoms with van der Waals surface area (Å²) < 4.78 is 6.53. The van der Waals surface area contributed by atoms with Crippen molar-refractivity contribution in [3.05, 3.63) is 35.0 Å². The number of aromatic nitrogens is 4. The van der Waals surface area contributed by atoms with E-state index in [1.54, 1.807) is 0 Å². The van der Waals surface area contributed by atoms with Crippen molar-refractivity contribution in [1.29, 1.82) is 0 Å². The number of fused-ring (bicyclic) bond motifs is 1. The maximum absolute atomic E-state index is 12.0. The summed E-state index contributed by atoms with van der Waals surface area (Å²) in [6, 6.07) is 0. The molecule has 3 heterocycles. The summed E-state index contributed by atoms with van der Waals surface area (Å²) in [6.07, 6.45) is 4.13. The van der Waals surface area contributed by atoms with Crippen molar-refractivity contribution in [2.24, 2.45) is 0 Å². The SMILES string of the molecule is CCCn1nc2c(c1C)C(c1cnc(C(=O)OC)cn1)CC(=O)N2. The lowest BCUT2D eigenvalue weighted by Gasteiger charge is -2.21. The number of amides is 1. The molecule has 0 radical (unpaired) electrons. The van der Waals surface area contributed by atoms with Crippen LogP contribution in [0.15, 0.2) is 12.4 Å². The molecule has 1 unspecified atom stereocenters. The molecule has 0 spiro atoms. The zero-order valence-electron chi connectivity index (χ0n) is 13.9. The van der Waals surface area contributed by atoms with Crippen LogP contribution >= 0.6 is 0 Å². The number of carbonyl (C=O) groups is 2. The van der Waals surface area contributed by atoms with Gasteiger partial charge in [-0.3, -0.25) is 14.5 Å². The van der Waals surface area contributed by atoms with Gasteiger partial charge in [-0.2, -0.15) is 5.10 Å². The number of nitrogens with zero attached hydrogens (tertiary/aromatic N) is 4. The number of carbonyl (C=O) groups excluding carboxylic acids is 2. The highest BCUT2D eigenvalue weighted by Crippen LogP contribution is 2.37. The Morgan fingerprint density at radius 3 is 2.83 bits per heavy atom. The van der Waals surface area contributed by atoms with Gasteiger partial charge in [0, 0.05) is 30.1 Å². The standard InChI is InChI=1S/C16H19N5O3/c1-4-5-21-9(2)14-10(6-13(22)19-15(14)20-21)11-7-18-12(8-17-11)16(23)24-3/h7-8,10H,4-6H2,1-3H3,(H,19,20,22). The van der Waals surface area contributed by atoms with Crippen molar-refractivity contribution in [1.82, 2.24) is 19.7 Å². The predicted molar refractivity (Wildman–Crippen MR) is 85.7 cm³/mol. The first-order valence-electron chi connectivity index (χ1n) is 7.82. The zero-order chi connectivity index (χ0) is 17.3. The third kappa shape index (κ3) is 2.75. The third-order valence-electron chi connectivity index (χ3n) is 4.11. The molecule has 0 bridgehead atoms. The van der Waals surface area contributed by atoms with E-state index in [9.17, 15) is 9.59 Å². The van der Waals surface area contributed by atoms with Gasteiger partial charge in [-0.15, -0.1) is 0 Å². The van der Waals surface area contributed by atoms with Gasteiger partial charge in [-0.1, -0.05) is 6.92 Å². The van der Waals surface area contributed by atoms with Crippen molar-refractivity contribution >= 4 is 17.7 Å². The number of anilines is 1. The molecule has 1 N–H and O–H groups in total. The Kier molecular flexibility index (Phi) is 4.28. The normalized spacial score (nSPS) is 16.5.